The van der Waals surface area contributed by atoms with Crippen LogP contribution in [-0.4, -0.2) is 14.5 Å². The first-order chi connectivity index (χ1) is 13.1. The van der Waals surface area contributed by atoms with Crippen molar-refractivity contribution in [2.45, 2.75) is 32.6 Å². The number of thiazole rings is 1. The molecule has 4 nitrogen and oxygen atoms in total. The van der Waals surface area contributed by atoms with Crippen molar-refractivity contribution in [3.8, 4) is 11.8 Å². The van der Waals surface area contributed by atoms with E-state index in [0.717, 1.165) is 29.2 Å². The Hall–Kier alpha value is -2.97. The monoisotopic (exact) mass is 373 g/mol. The molecule has 4 rings (SSSR count). The number of hydrogen-bond acceptors (Lipinski definition) is 4. The molecule has 1 aliphatic rings. The maximum absolute atomic E-state index is 13.5. The summed E-state index contributed by atoms with van der Waals surface area (Å²) in [6, 6.07) is 5.67. The molecule has 0 saturated heterocycles. The summed E-state index contributed by atoms with van der Waals surface area (Å²) in [4.78, 5) is 23.2. The Labute approximate surface area is 161 Å². The zero-order valence-electron chi connectivity index (χ0n) is 15.3. The van der Waals surface area contributed by atoms with Gasteiger partial charge in [-0.15, -0.1) is 11.3 Å². The molecule has 0 aliphatic heterocycles. The lowest BCUT2D eigenvalue weighted by atomic mass is 10.1. The topological polar surface area (TPSA) is 47.8 Å². The Morgan fingerprint density at radius 2 is 2.11 bits per heavy atom. The van der Waals surface area contributed by atoms with Crippen LogP contribution in [0.3, 0.4) is 0 Å². The molecule has 0 spiro atoms. The molecule has 0 radical (unpaired) electrons. The molecule has 0 atom stereocenters. The SMILES string of the molecule is CC(C)c1nc2cccc(C#Cc3cncs3)c2c(=O)n1C1=CCCC=C1. The van der Waals surface area contributed by atoms with Gasteiger partial charge in [0.25, 0.3) is 5.56 Å². The smallest absolute Gasteiger partial charge is 0.267 e. The molecule has 5 heteroatoms. The van der Waals surface area contributed by atoms with Gasteiger partial charge < -0.3 is 0 Å². The van der Waals surface area contributed by atoms with Crippen LogP contribution in [0, 0.1) is 11.8 Å². The van der Waals surface area contributed by atoms with Crippen LogP contribution in [0.4, 0.5) is 0 Å². The molecular weight excluding hydrogens is 354 g/mol. The van der Waals surface area contributed by atoms with Gasteiger partial charge in [0.15, 0.2) is 0 Å². The van der Waals surface area contributed by atoms with Crippen LogP contribution in [0.15, 0.2) is 52.9 Å². The summed E-state index contributed by atoms with van der Waals surface area (Å²) in [6.45, 7) is 4.12. The fourth-order valence-corrected chi connectivity index (χ4v) is 3.63. The van der Waals surface area contributed by atoms with Crippen molar-refractivity contribution in [1.82, 2.24) is 14.5 Å². The summed E-state index contributed by atoms with van der Waals surface area (Å²) < 4.78 is 1.75. The van der Waals surface area contributed by atoms with Gasteiger partial charge >= 0.3 is 0 Å². The first-order valence-corrected chi connectivity index (χ1v) is 9.86. The van der Waals surface area contributed by atoms with Gasteiger partial charge in [-0.1, -0.05) is 38.0 Å². The second-order valence-electron chi connectivity index (χ2n) is 6.69. The van der Waals surface area contributed by atoms with E-state index in [2.05, 4.69) is 42.8 Å². The van der Waals surface area contributed by atoms with E-state index in [-0.39, 0.29) is 11.5 Å². The fourth-order valence-electron chi connectivity index (χ4n) is 3.16. The Bertz CT molecular complexity index is 1170. The zero-order chi connectivity index (χ0) is 18.8. The molecule has 0 saturated carbocycles. The van der Waals surface area contributed by atoms with Crippen molar-refractivity contribution in [1.29, 1.82) is 0 Å². The zero-order valence-corrected chi connectivity index (χ0v) is 16.1. The third-order valence-electron chi connectivity index (χ3n) is 4.43. The standard InChI is InChI=1S/C22H19N3OS/c1-15(2)21-24-19-10-6-7-16(11-12-18-13-23-14-27-18)20(19)22(26)25(21)17-8-4-3-5-9-17/h4,6-10,13-15H,3,5H2,1-2H3. The van der Waals surface area contributed by atoms with Gasteiger partial charge in [0.1, 0.15) is 5.82 Å². The molecule has 0 N–H and O–H groups in total. The largest absolute Gasteiger partial charge is 0.268 e. The van der Waals surface area contributed by atoms with Crippen molar-refractivity contribution >= 4 is 27.9 Å². The number of nitrogens with zero attached hydrogens (tertiary/aromatic N) is 3. The number of benzene rings is 1. The normalized spacial score (nSPS) is 13.5. The highest BCUT2D eigenvalue weighted by Crippen LogP contribution is 2.22. The van der Waals surface area contributed by atoms with Crippen molar-refractivity contribution in [2.75, 3.05) is 0 Å². The van der Waals surface area contributed by atoms with E-state index in [1.807, 2.05) is 24.3 Å². The summed E-state index contributed by atoms with van der Waals surface area (Å²) >= 11 is 1.48. The van der Waals surface area contributed by atoms with E-state index in [9.17, 15) is 4.79 Å². The molecule has 0 fully saturated rings. The molecule has 0 amide bonds. The summed E-state index contributed by atoms with van der Waals surface area (Å²) in [5.41, 5.74) is 3.97. The van der Waals surface area contributed by atoms with Crippen LogP contribution >= 0.6 is 11.3 Å². The van der Waals surface area contributed by atoms with E-state index in [4.69, 9.17) is 4.98 Å². The van der Waals surface area contributed by atoms with E-state index in [0.29, 0.717) is 16.5 Å². The van der Waals surface area contributed by atoms with E-state index >= 15 is 0 Å². The quantitative estimate of drug-likeness (QED) is 0.618. The van der Waals surface area contributed by atoms with Gasteiger partial charge in [0.05, 0.1) is 27.5 Å². The summed E-state index contributed by atoms with van der Waals surface area (Å²) in [6.07, 6.45) is 9.88. The van der Waals surface area contributed by atoms with Crippen molar-refractivity contribution in [3.05, 3.63) is 74.8 Å². The molecule has 2 heterocycles. The Kier molecular flexibility index (Phi) is 4.74. The molecular formula is C22H19N3OS. The highest BCUT2D eigenvalue weighted by molar-refractivity contribution is 7.10. The first kappa shape index (κ1) is 17.4. The van der Waals surface area contributed by atoms with E-state index < -0.39 is 0 Å². The number of aromatic nitrogens is 3. The number of fused-ring (bicyclic) bond motifs is 1. The molecule has 27 heavy (non-hydrogen) atoms. The third-order valence-corrected chi connectivity index (χ3v) is 5.11. The maximum Gasteiger partial charge on any atom is 0.267 e. The van der Waals surface area contributed by atoms with Crippen molar-refractivity contribution < 1.29 is 0 Å². The molecule has 1 aliphatic carbocycles. The average molecular weight is 373 g/mol. The van der Waals surface area contributed by atoms with Crippen LogP contribution < -0.4 is 5.56 Å². The lowest BCUT2D eigenvalue weighted by Gasteiger charge is -2.18. The highest BCUT2D eigenvalue weighted by atomic mass is 32.1. The summed E-state index contributed by atoms with van der Waals surface area (Å²) in [5.74, 6) is 7.14. The van der Waals surface area contributed by atoms with E-state index in [1.54, 1.807) is 16.3 Å². The van der Waals surface area contributed by atoms with E-state index in [1.165, 1.54) is 11.3 Å². The van der Waals surface area contributed by atoms with Crippen molar-refractivity contribution in [2.24, 2.45) is 0 Å². The van der Waals surface area contributed by atoms with Crippen LogP contribution in [0.5, 0.6) is 0 Å². The fraction of sp³-hybridized carbons (Fsp3) is 0.227. The van der Waals surface area contributed by atoms with Gasteiger partial charge in [0, 0.05) is 17.2 Å². The molecule has 2 aromatic heterocycles. The van der Waals surface area contributed by atoms with Crippen LogP contribution in [0.25, 0.3) is 16.6 Å². The second kappa shape index (κ2) is 7.34. The van der Waals surface area contributed by atoms with Crippen LogP contribution in [-0.2, 0) is 0 Å². The predicted octanol–water partition coefficient (Wildman–Crippen LogP) is 4.57. The first-order valence-electron chi connectivity index (χ1n) is 8.98. The maximum atomic E-state index is 13.5. The Morgan fingerprint density at radius 1 is 1.22 bits per heavy atom. The number of rotatable bonds is 2. The molecule has 134 valence electrons. The van der Waals surface area contributed by atoms with Crippen LogP contribution in [0.2, 0.25) is 0 Å². The van der Waals surface area contributed by atoms with Crippen LogP contribution in [0.1, 0.15) is 48.9 Å². The minimum absolute atomic E-state index is 0.0595. The van der Waals surface area contributed by atoms with Gasteiger partial charge in [-0.05, 0) is 37.0 Å². The van der Waals surface area contributed by atoms with Crippen molar-refractivity contribution in [3.63, 3.8) is 0 Å². The summed E-state index contributed by atoms with van der Waals surface area (Å²) in [7, 11) is 0. The second-order valence-corrected chi connectivity index (χ2v) is 7.58. The average Bonchev–Trinajstić information content (AvgIpc) is 3.20. The summed E-state index contributed by atoms with van der Waals surface area (Å²) in [5, 5.41) is 0.568. The Balaban J connectivity index is 1.99. The third kappa shape index (κ3) is 3.36. The van der Waals surface area contributed by atoms with Gasteiger partial charge in [-0.3, -0.25) is 14.3 Å². The molecule has 0 unspecified atom stereocenters. The van der Waals surface area contributed by atoms with Gasteiger partial charge in [-0.2, -0.15) is 0 Å². The van der Waals surface area contributed by atoms with Gasteiger partial charge in [-0.25, -0.2) is 4.98 Å². The number of hydrogen-bond donors (Lipinski definition) is 0. The minimum atomic E-state index is -0.0595. The molecule has 1 aromatic carbocycles. The van der Waals surface area contributed by atoms with Gasteiger partial charge in [0.2, 0.25) is 0 Å². The molecule has 3 aromatic rings. The Morgan fingerprint density at radius 3 is 2.81 bits per heavy atom. The minimum Gasteiger partial charge on any atom is -0.268 e. The molecule has 0 bridgehead atoms. The predicted molar refractivity (Wildman–Crippen MR) is 111 cm³/mol. The lowest BCUT2D eigenvalue weighted by Crippen LogP contribution is -2.26. The number of allylic oxidation sites excluding steroid dienone is 4. The lowest BCUT2D eigenvalue weighted by molar-refractivity contribution is 0.729. The highest BCUT2D eigenvalue weighted by Gasteiger charge is 2.18.